The first-order chi connectivity index (χ1) is 9.27. The van der Waals surface area contributed by atoms with Crippen LogP contribution >= 0.6 is 0 Å². The SMILES string of the molecule is Nc1ccccc1OCCCS(=O)C1CCCCC1. The van der Waals surface area contributed by atoms with Crippen LogP contribution in [0.2, 0.25) is 0 Å². The van der Waals surface area contributed by atoms with E-state index in [1.165, 1.54) is 19.3 Å². The van der Waals surface area contributed by atoms with E-state index in [1.54, 1.807) is 0 Å². The van der Waals surface area contributed by atoms with Crippen LogP contribution in [0.5, 0.6) is 5.75 Å². The smallest absolute Gasteiger partial charge is 0.142 e. The van der Waals surface area contributed by atoms with E-state index in [-0.39, 0.29) is 0 Å². The first kappa shape index (κ1) is 14.4. The monoisotopic (exact) mass is 281 g/mol. The van der Waals surface area contributed by atoms with Gasteiger partial charge in [0.2, 0.25) is 0 Å². The maximum absolute atomic E-state index is 12.1. The Kier molecular flexibility index (Phi) is 5.70. The lowest BCUT2D eigenvalue weighted by Gasteiger charge is -2.20. The first-order valence-corrected chi connectivity index (χ1v) is 8.50. The standard InChI is InChI=1S/C15H23NO2S/c16-14-9-4-5-10-15(14)18-11-6-12-19(17)13-7-2-1-3-8-13/h4-5,9-10,13H,1-3,6-8,11-12,16H2. The predicted molar refractivity (Wildman–Crippen MR) is 80.8 cm³/mol. The molecule has 4 heteroatoms. The van der Waals surface area contributed by atoms with Gasteiger partial charge in [0.1, 0.15) is 5.75 Å². The molecule has 0 bridgehead atoms. The highest BCUT2D eigenvalue weighted by Crippen LogP contribution is 2.23. The van der Waals surface area contributed by atoms with Gasteiger partial charge in [0.25, 0.3) is 0 Å². The van der Waals surface area contributed by atoms with Gasteiger partial charge in [-0.15, -0.1) is 0 Å². The summed E-state index contributed by atoms with van der Waals surface area (Å²) >= 11 is 0. The van der Waals surface area contributed by atoms with E-state index in [0.29, 0.717) is 17.5 Å². The first-order valence-electron chi connectivity index (χ1n) is 7.12. The highest BCUT2D eigenvalue weighted by Gasteiger charge is 2.19. The van der Waals surface area contributed by atoms with Crippen LogP contribution in [0.4, 0.5) is 5.69 Å². The second kappa shape index (κ2) is 7.53. The summed E-state index contributed by atoms with van der Waals surface area (Å²) in [4.78, 5) is 0. The Hall–Kier alpha value is -1.03. The average molecular weight is 281 g/mol. The summed E-state index contributed by atoms with van der Waals surface area (Å²) in [5.41, 5.74) is 6.46. The average Bonchev–Trinajstić information content (AvgIpc) is 2.46. The van der Waals surface area contributed by atoms with Crippen LogP contribution in [0.1, 0.15) is 38.5 Å². The zero-order valence-electron chi connectivity index (χ0n) is 11.3. The molecule has 1 saturated carbocycles. The van der Waals surface area contributed by atoms with Crippen molar-refractivity contribution in [1.82, 2.24) is 0 Å². The van der Waals surface area contributed by atoms with Crippen molar-refractivity contribution in [3.8, 4) is 5.75 Å². The molecule has 0 aliphatic heterocycles. The zero-order chi connectivity index (χ0) is 13.5. The third kappa shape index (κ3) is 4.53. The number of hydrogen-bond acceptors (Lipinski definition) is 3. The van der Waals surface area contributed by atoms with Gasteiger partial charge in [-0.05, 0) is 31.4 Å². The summed E-state index contributed by atoms with van der Waals surface area (Å²) in [6.07, 6.45) is 6.90. The van der Waals surface area contributed by atoms with Crippen LogP contribution in [0.15, 0.2) is 24.3 Å². The molecule has 0 saturated heterocycles. The molecule has 19 heavy (non-hydrogen) atoms. The van der Waals surface area contributed by atoms with Gasteiger partial charge < -0.3 is 10.5 Å². The molecule has 1 aliphatic carbocycles. The number of nitrogens with two attached hydrogens (primary N) is 1. The van der Waals surface area contributed by atoms with E-state index in [2.05, 4.69) is 0 Å². The third-order valence-corrected chi connectivity index (χ3v) is 5.50. The van der Waals surface area contributed by atoms with E-state index >= 15 is 0 Å². The molecule has 2 rings (SSSR count). The highest BCUT2D eigenvalue weighted by molar-refractivity contribution is 7.85. The molecule has 0 radical (unpaired) electrons. The molecule has 3 nitrogen and oxygen atoms in total. The maximum Gasteiger partial charge on any atom is 0.142 e. The van der Waals surface area contributed by atoms with Gasteiger partial charge >= 0.3 is 0 Å². The quantitative estimate of drug-likeness (QED) is 0.644. The van der Waals surface area contributed by atoms with Crippen LogP contribution in [-0.2, 0) is 10.8 Å². The lowest BCUT2D eigenvalue weighted by Crippen LogP contribution is -2.21. The van der Waals surface area contributed by atoms with Crippen LogP contribution in [0.25, 0.3) is 0 Å². The molecule has 106 valence electrons. The van der Waals surface area contributed by atoms with Gasteiger partial charge in [0, 0.05) is 21.8 Å². The van der Waals surface area contributed by atoms with Crippen molar-refractivity contribution >= 4 is 16.5 Å². The van der Waals surface area contributed by atoms with Crippen LogP contribution < -0.4 is 10.5 Å². The minimum atomic E-state index is -0.681. The lowest BCUT2D eigenvalue weighted by atomic mass is 10.0. The number of ether oxygens (including phenoxy) is 1. The van der Waals surface area contributed by atoms with E-state index in [9.17, 15) is 4.21 Å². The van der Waals surface area contributed by atoms with Crippen molar-refractivity contribution in [1.29, 1.82) is 0 Å². The Balaban J connectivity index is 1.66. The Morgan fingerprint density at radius 2 is 1.95 bits per heavy atom. The Labute approximate surface area is 118 Å². The number of anilines is 1. The van der Waals surface area contributed by atoms with Crippen molar-refractivity contribution < 1.29 is 8.95 Å². The summed E-state index contributed by atoms with van der Waals surface area (Å²) in [6.45, 7) is 0.590. The van der Waals surface area contributed by atoms with Crippen molar-refractivity contribution in [3.05, 3.63) is 24.3 Å². The minimum Gasteiger partial charge on any atom is -0.491 e. The lowest BCUT2D eigenvalue weighted by molar-refractivity contribution is 0.320. The Morgan fingerprint density at radius 1 is 1.21 bits per heavy atom. The normalized spacial score (nSPS) is 18.1. The molecule has 0 aromatic heterocycles. The largest absolute Gasteiger partial charge is 0.491 e. The molecule has 1 aromatic carbocycles. The van der Waals surface area contributed by atoms with Crippen molar-refractivity contribution in [2.75, 3.05) is 18.1 Å². The van der Waals surface area contributed by atoms with E-state index in [1.807, 2.05) is 24.3 Å². The Bertz CT molecular complexity index is 416. The molecule has 1 aromatic rings. The van der Waals surface area contributed by atoms with E-state index in [4.69, 9.17) is 10.5 Å². The molecular formula is C15H23NO2S. The fourth-order valence-corrected chi connectivity index (χ4v) is 4.08. The molecule has 0 heterocycles. The number of hydrogen-bond donors (Lipinski definition) is 1. The van der Waals surface area contributed by atoms with Crippen molar-refractivity contribution in [2.24, 2.45) is 0 Å². The summed E-state index contributed by atoms with van der Waals surface area (Å²) in [7, 11) is -0.681. The molecule has 1 unspecified atom stereocenters. The molecule has 1 aliphatic rings. The maximum atomic E-state index is 12.1. The number of benzene rings is 1. The van der Waals surface area contributed by atoms with E-state index < -0.39 is 10.8 Å². The van der Waals surface area contributed by atoms with Crippen molar-refractivity contribution in [3.63, 3.8) is 0 Å². The third-order valence-electron chi connectivity index (χ3n) is 3.59. The highest BCUT2D eigenvalue weighted by atomic mass is 32.2. The van der Waals surface area contributed by atoms with Gasteiger partial charge in [0.15, 0.2) is 0 Å². The predicted octanol–water partition coefficient (Wildman–Crippen LogP) is 3.12. The minimum absolute atomic E-state index is 0.426. The van der Waals surface area contributed by atoms with Gasteiger partial charge in [0.05, 0.1) is 12.3 Å². The summed E-state index contributed by atoms with van der Waals surface area (Å²) in [6, 6.07) is 7.50. The molecule has 1 atom stereocenters. The second-order valence-electron chi connectivity index (χ2n) is 5.08. The summed E-state index contributed by atoms with van der Waals surface area (Å²) in [5, 5.41) is 0.426. The Morgan fingerprint density at radius 3 is 2.68 bits per heavy atom. The fourth-order valence-electron chi connectivity index (χ4n) is 2.49. The number of para-hydroxylation sites is 2. The second-order valence-corrected chi connectivity index (χ2v) is 6.92. The summed E-state index contributed by atoms with van der Waals surface area (Å²) in [5.74, 6) is 1.48. The van der Waals surface area contributed by atoms with Gasteiger partial charge in [-0.1, -0.05) is 31.4 Å². The molecule has 0 amide bonds. The molecule has 1 fully saturated rings. The van der Waals surface area contributed by atoms with Crippen LogP contribution in [-0.4, -0.2) is 21.8 Å². The number of nitrogen functional groups attached to an aromatic ring is 1. The number of rotatable bonds is 6. The fraction of sp³-hybridized carbons (Fsp3) is 0.600. The van der Waals surface area contributed by atoms with Crippen LogP contribution in [0.3, 0.4) is 0 Å². The zero-order valence-corrected chi connectivity index (χ0v) is 12.2. The van der Waals surface area contributed by atoms with Crippen LogP contribution in [0, 0.1) is 0 Å². The topological polar surface area (TPSA) is 52.3 Å². The molecular weight excluding hydrogens is 258 g/mol. The molecule has 0 spiro atoms. The van der Waals surface area contributed by atoms with Crippen molar-refractivity contribution in [2.45, 2.75) is 43.8 Å². The summed E-state index contributed by atoms with van der Waals surface area (Å²) < 4.78 is 17.7. The van der Waals surface area contributed by atoms with Gasteiger partial charge in [-0.25, -0.2) is 0 Å². The van der Waals surface area contributed by atoms with Gasteiger partial charge in [-0.3, -0.25) is 4.21 Å². The van der Waals surface area contributed by atoms with E-state index in [0.717, 1.165) is 30.8 Å². The van der Waals surface area contributed by atoms with Gasteiger partial charge in [-0.2, -0.15) is 0 Å². The molecule has 2 N–H and O–H groups in total.